The number of hydrogen-bond donors (Lipinski definition) is 0. The Labute approximate surface area is 146 Å². The maximum Gasteiger partial charge on any atom is -0.00230 e. The van der Waals surface area contributed by atoms with Crippen LogP contribution >= 0.6 is 0 Å². The van der Waals surface area contributed by atoms with Gasteiger partial charge in [-0.3, -0.25) is 0 Å². The first-order valence-corrected chi connectivity index (χ1v) is 8.94. The molecule has 0 radical (unpaired) electrons. The van der Waals surface area contributed by atoms with E-state index in [1.807, 2.05) is 0 Å². The van der Waals surface area contributed by atoms with Gasteiger partial charge in [0.15, 0.2) is 0 Å². The third-order valence-electron chi connectivity index (χ3n) is 4.52. The molecule has 0 spiro atoms. The summed E-state index contributed by atoms with van der Waals surface area (Å²) in [4.78, 5) is 0. The van der Waals surface area contributed by atoms with Crippen LogP contribution in [0.3, 0.4) is 0 Å². The standard InChI is InChI=1S/C24H26/c1-3-8-23-18-22(16-21-12-7-9-19(2)15-21)13-14-24(23)17-20-10-5-4-6-11-20/h4-7,9-15,18H,3,8,16-17H2,1-2H3. The lowest BCUT2D eigenvalue weighted by atomic mass is 9.93. The van der Waals surface area contributed by atoms with Crippen molar-refractivity contribution in [3.63, 3.8) is 0 Å². The topological polar surface area (TPSA) is 0 Å². The predicted molar refractivity (Wildman–Crippen MR) is 104 cm³/mol. The second kappa shape index (κ2) is 7.97. The molecule has 0 aliphatic heterocycles. The van der Waals surface area contributed by atoms with Gasteiger partial charge in [-0.1, -0.05) is 91.7 Å². The highest BCUT2D eigenvalue weighted by atomic mass is 14.1. The Balaban J connectivity index is 1.84. The highest BCUT2D eigenvalue weighted by molar-refractivity contribution is 5.38. The summed E-state index contributed by atoms with van der Waals surface area (Å²) in [5.74, 6) is 0. The van der Waals surface area contributed by atoms with Gasteiger partial charge in [0.25, 0.3) is 0 Å². The van der Waals surface area contributed by atoms with Crippen LogP contribution in [0.4, 0.5) is 0 Å². The Morgan fingerprint density at radius 1 is 0.625 bits per heavy atom. The van der Waals surface area contributed by atoms with Crippen molar-refractivity contribution in [1.29, 1.82) is 0 Å². The number of rotatable bonds is 6. The van der Waals surface area contributed by atoms with Crippen LogP contribution in [-0.2, 0) is 19.3 Å². The van der Waals surface area contributed by atoms with Gasteiger partial charge in [-0.25, -0.2) is 0 Å². The molecule has 0 aliphatic carbocycles. The molecule has 3 rings (SSSR count). The van der Waals surface area contributed by atoms with Gasteiger partial charge >= 0.3 is 0 Å². The largest absolute Gasteiger partial charge is 0.0651 e. The maximum absolute atomic E-state index is 2.42. The highest BCUT2D eigenvalue weighted by Crippen LogP contribution is 2.20. The van der Waals surface area contributed by atoms with E-state index < -0.39 is 0 Å². The van der Waals surface area contributed by atoms with Crippen LogP contribution in [0.5, 0.6) is 0 Å². The monoisotopic (exact) mass is 314 g/mol. The van der Waals surface area contributed by atoms with Crippen LogP contribution in [0, 0.1) is 6.92 Å². The third kappa shape index (κ3) is 4.35. The number of aryl methyl sites for hydroxylation is 2. The summed E-state index contributed by atoms with van der Waals surface area (Å²) >= 11 is 0. The minimum Gasteiger partial charge on any atom is -0.0651 e. The van der Waals surface area contributed by atoms with Crippen LogP contribution in [0.1, 0.15) is 46.7 Å². The molecular weight excluding hydrogens is 288 g/mol. The predicted octanol–water partition coefficient (Wildman–Crippen LogP) is 6.13. The van der Waals surface area contributed by atoms with E-state index in [0.29, 0.717) is 0 Å². The first-order chi connectivity index (χ1) is 11.7. The zero-order chi connectivity index (χ0) is 16.8. The third-order valence-corrected chi connectivity index (χ3v) is 4.52. The first kappa shape index (κ1) is 16.5. The molecule has 3 aromatic rings. The van der Waals surface area contributed by atoms with Crippen molar-refractivity contribution in [3.8, 4) is 0 Å². The molecule has 24 heavy (non-hydrogen) atoms. The number of hydrogen-bond acceptors (Lipinski definition) is 0. The average molecular weight is 314 g/mol. The van der Waals surface area contributed by atoms with E-state index in [1.165, 1.54) is 39.8 Å². The van der Waals surface area contributed by atoms with E-state index in [-0.39, 0.29) is 0 Å². The van der Waals surface area contributed by atoms with Crippen molar-refractivity contribution in [2.75, 3.05) is 0 Å². The molecule has 0 amide bonds. The second-order valence-corrected chi connectivity index (χ2v) is 6.68. The Morgan fingerprint density at radius 2 is 1.38 bits per heavy atom. The molecule has 3 aromatic carbocycles. The van der Waals surface area contributed by atoms with E-state index in [1.54, 1.807) is 0 Å². The molecule has 0 heteroatoms. The van der Waals surface area contributed by atoms with E-state index in [0.717, 1.165) is 19.3 Å². The SMILES string of the molecule is CCCc1cc(Cc2cccc(C)c2)ccc1Cc1ccccc1. The minimum absolute atomic E-state index is 1.02. The highest BCUT2D eigenvalue weighted by Gasteiger charge is 2.06. The molecular formula is C24H26. The quantitative estimate of drug-likeness (QED) is 0.513. The van der Waals surface area contributed by atoms with Gasteiger partial charge in [-0.15, -0.1) is 0 Å². The summed E-state index contributed by atoms with van der Waals surface area (Å²) in [6.07, 6.45) is 4.39. The van der Waals surface area contributed by atoms with E-state index in [4.69, 9.17) is 0 Å². The Morgan fingerprint density at radius 3 is 2.12 bits per heavy atom. The van der Waals surface area contributed by atoms with Crippen molar-refractivity contribution in [2.24, 2.45) is 0 Å². The minimum atomic E-state index is 1.02. The summed E-state index contributed by atoms with van der Waals surface area (Å²) in [6.45, 7) is 4.43. The summed E-state index contributed by atoms with van der Waals surface area (Å²) in [7, 11) is 0. The maximum atomic E-state index is 2.42. The molecule has 0 saturated carbocycles. The Kier molecular flexibility index (Phi) is 5.48. The molecule has 122 valence electrons. The van der Waals surface area contributed by atoms with E-state index in [2.05, 4.69) is 86.6 Å². The van der Waals surface area contributed by atoms with Crippen molar-refractivity contribution >= 4 is 0 Å². The van der Waals surface area contributed by atoms with Gasteiger partial charge in [-0.05, 0) is 54.0 Å². The summed E-state index contributed by atoms with van der Waals surface area (Å²) < 4.78 is 0. The van der Waals surface area contributed by atoms with Gasteiger partial charge in [0.2, 0.25) is 0 Å². The lowest BCUT2D eigenvalue weighted by molar-refractivity contribution is 0.900. The molecule has 0 atom stereocenters. The van der Waals surface area contributed by atoms with Crippen LogP contribution in [-0.4, -0.2) is 0 Å². The number of benzene rings is 3. The molecule has 0 N–H and O–H groups in total. The lowest BCUT2D eigenvalue weighted by Gasteiger charge is -2.12. The van der Waals surface area contributed by atoms with Crippen LogP contribution in [0.15, 0.2) is 72.8 Å². The molecule has 0 bridgehead atoms. The average Bonchev–Trinajstić information content (AvgIpc) is 2.58. The fourth-order valence-electron chi connectivity index (χ4n) is 3.34. The zero-order valence-corrected chi connectivity index (χ0v) is 14.8. The van der Waals surface area contributed by atoms with E-state index in [9.17, 15) is 0 Å². The molecule has 0 heterocycles. The van der Waals surface area contributed by atoms with Crippen molar-refractivity contribution < 1.29 is 0 Å². The fourth-order valence-corrected chi connectivity index (χ4v) is 3.34. The first-order valence-electron chi connectivity index (χ1n) is 8.94. The molecule has 0 aromatic heterocycles. The van der Waals surface area contributed by atoms with Crippen molar-refractivity contribution in [1.82, 2.24) is 0 Å². The molecule has 0 fully saturated rings. The van der Waals surface area contributed by atoms with E-state index >= 15 is 0 Å². The van der Waals surface area contributed by atoms with Crippen LogP contribution in [0.2, 0.25) is 0 Å². The zero-order valence-electron chi connectivity index (χ0n) is 14.8. The molecule has 0 saturated heterocycles. The molecule has 0 unspecified atom stereocenters. The molecule has 0 nitrogen and oxygen atoms in total. The Bertz CT molecular complexity index is 784. The van der Waals surface area contributed by atoms with Crippen LogP contribution < -0.4 is 0 Å². The van der Waals surface area contributed by atoms with Crippen LogP contribution in [0.25, 0.3) is 0 Å². The summed E-state index contributed by atoms with van der Waals surface area (Å²) in [5, 5.41) is 0. The van der Waals surface area contributed by atoms with Gasteiger partial charge in [0.05, 0.1) is 0 Å². The summed E-state index contributed by atoms with van der Waals surface area (Å²) in [5.41, 5.74) is 8.51. The smallest absolute Gasteiger partial charge is 0.00230 e. The van der Waals surface area contributed by atoms with Crippen molar-refractivity contribution in [3.05, 3.63) is 106 Å². The van der Waals surface area contributed by atoms with Gasteiger partial charge in [-0.2, -0.15) is 0 Å². The fraction of sp³-hybridized carbons (Fsp3) is 0.250. The second-order valence-electron chi connectivity index (χ2n) is 6.68. The normalized spacial score (nSPS) is 10.8. The lowest BCUT2D eigenvalue weighted by Crippen LogP contribution is -1.98. The van der Waals surface area contributed by atoms with Crippen molar-refractivity contribution in [2.45, 2.75) is 39.5 Å². The molecule has 0 aliphatic rings. The van der Waals surface area contributed by atoms with Gasteiger partial charge < -0.3 is 0 Å². The van der Waals surface area contributed by atoms with Gasteiger partial charge in [0.1, 0.15) is 0 Å². The Hall–Kier alpha value is -2.34. The summed E-state index contributed by atoms with van der Waals surface area (Å²) in [6, 6.07) is 26.7. The van der Waals surface area contributed by atoms with Gasteiger partial charge in [0, 0.05) is 0 Å².